The molecule has 0 aliphatic carbocycles. The predicted molar refractivity (Wildman–Crippen MR) is 59.2 cm³/mol. The molecule has 0 radical (unpaired) electrons. The van der Waals surface area contributed by atoms with Crippen molar-refractivity contribution in [2.45, 2.75) is 6.92 Å². The van der Waals surface area contributed by atoms with E-state index in [1.807, 2.05) is 6.92 Å². The fourth-order valence-electron chi connectivity index (χ4n) is 1.25. The summed E-state index contributed by atoms with van der Waals surface area (Å²) in [4.78, 5) is 4.21. The van der Waals surface area contributed by atoms with E-state index in [9.17, 15) is 4.39 Å². The predicted octanol–water partition coefficient (Wildman–Crippen LogP) is 3.29. The van der Waals surface area contributed by atoms with Gasteiger partial charge in [-0.05, 0) is 47.7 Å². The van der Waals surface area contributed by atoms with Gasteiger partial charge in [-0.15, -0.1) is 0 Å². The molecule has 1 nitrogen and oxygen atoms in total. The van der Waals surface area contributed by atoms with E-state index in [2.05, 4.69) is 27.6 Å². The summed E-state index contributed by atoms with van der Waals surface area (Å²) in [5.41, 5.74) is 0.943. The third-order valence-electron chi connectivity index (χ3n) is 1.97. The standard InChI is InChI=1S/C10H7FIN/c1-6-10(12)9-4-8(11)3-2-7(9)5-13-6/h2-5H,1H3. The van der Waals surface area contributed by atoms with E-state index in [1.165, 1.54) is 6.07 Å². The molecule has 0 saturated heterocycles. The highest BCUT2D eigenvalue weighted by atomic mass is 127. The number of hydrogen-bond donors (Lipinski definition) is 0. The molecule has 0 amide bonds. The maximum absolute atomic E-state index is 12.9. The number of nitrogens with zero attached hydrogens (tertiary/aromatic N) is 1. The minimum atomic E-state index is -0.198. The van der Waals surface area contributed by atoms with Crippen LogP contribution in [-0.2, 0) is 0 Å². The molecule has 0 N–H and O–H groups in total. The molecule has 2 rings (SSSR count). The molecule has 2 aromatic rings. The van der Waals surface area contributed by atoms with E-state index >= 15 is 0 Å². The molecule has 0 spiro atoms. The Hall–Kier alpha value is -0.710. The Kier molecular flexibility index (Phi) is 2.19. The van der Waals surface area contributed by atoms with Crippen LogP contribution in [0.4, 0.5) is 4.39 Å². The maximum Gasteiger partial charge on any atom is 0.123 e. The van der Waals surface area contributed by atoms with Crippen molar-refractivity contribution in [3.8, 4) is 0 Å². The van der Waals surface area contributed by atoms with Crippen molar-refractivity contribution in [2.24, 2.45) is 0 Å². The second-order valence-corrected chi connectivity index (χ2v) is 3.97. The van der Waals surface area contributed by atoms with E-state index < -0.39 is 0 Å². The summed E-state index contributed by atoms with van der Waals surface area (Å²) in [7, 11) is 0. The molecule has 0 unspecified atom stereocenters. The second kappa shape index (κ2) is 3.21. The summed E-state index contributed by atoms with van der Waals surface area (Å²) in [6.45, 7) is 1.92. The number of aryl methyl sites for hydroxylation is 1. The highest BCUT2D eigenvalue weighted by molar-refractivity contribution is 14.1. The van der Waals surface area contributed by atoms with Gasteiger partial charge in [0.15, 0.2) is 0 Å². The van der Waals surface area contributed by atoms with Crippen LogP contribution >= 0.6 is 22.6 Å². The fraction of sp³-hybridized carbons (Fsp3) is 0.100. The van der Waals surface area contributed by atoms with Crippen LogP contribution in [0, 0.1) is 16.3 Å². The summed E-state index contributed by atoms with van der Waals surface area (Å²) in [6.07, 6.45) is 1.77. The monoisotopic (exact) mass is 287 g/mol. The molecule has 0 atom stereocenters. The summed E-state index contributed by atoms with van der Waals surface area (Å²) in [6, 6.07) is 4.75. The van der Waals surface area contributed by atoms with Gasteiger partial charge in [-0.3, -0.25) is 4.98 Å². The Balaban J connectivity index is 2.89. The summed E-state index contributed by atoms with van der Waals surface area (Å²) in [5.74, 6) is -0.198. The lowest BCUT2D eigenvalue weighted by molar-refractivity contribution is 0.629. The zero-order valence-electron chi connectivity index (χ0n) is 7.01. The maximum atomic E-state index is 12.9. The Labute approximate surface area is 89.1 Å². The SMILES string of the molecule is Cc1ncc2ccc(F)cc2c1I. The average molecular weight is 287 g/mol. The number of hydrogen-bond acceptors (Lipinski definition) is 1. The van der Waals surface area contributed by atoms with Crippen LogP contribution in [-0.4, -0.2) is 4.98 Å². The van der Waals surface area contributed by atoms with E-state index in [0.29, 0.717) is 0 Å². The fourth-order valence-corrected chi connectivity index (χ4v) is 1.86. The van der Waals surface area contributed by atoms with Crippen molar-refractivity contribution in [1.29, 1.82) is 0 Å². The zero-order chi connectivity index (χ0) is 9.42. The Morgan fingerprint density at radius 3 is 2.92 bits per heavy atom. The minimum absolute atomic E-state index is 0.198. The highest BCUT2D eigenvalue weighted by Crippen LogP contribution is 2.22. The third kappa shape index (κ3) is 1.52. The normalized spacial score (nSPS) is 10.7. The average Bonchev–Trinajstić information content (AvgIpc) is 2.12. The third-order valence-corrected chi connectivity index (χ3v) is 3.33. The highest BCUT2D eigenvalue weighted by Gasteiger charge is 2.03. The molecule has 66 valence electrons. The van der Waals surface area contributed by atoms with Crippen molar-refractivity contribution < 1.29 is 4.39 Å². The van der Waals surface area contributed by atoms with E-state index in [0.717, 1.165) is 20.0 Å². The molecule has 1 aromatic heterocycles. The molecule has 0 saturated carbocycles. The molecular weight excluding hydrogens is 280 g/mol. The Bertz CT molecular complexity index is 462. The van der Waals surface area contributed by atoms with Crippen LogP contribution in [0.1, 0.15) is 5.69 Å². The van der Waals surface area contributed by atoms with E-state index in [-0.39, 0.29) is 5.82 Å². The molecule has 0 fully saturated rings. The zero-order valence-corrected chi connectivity index (χ0v) is 9.17. The van der Waals surface area contributed by atoms with Gasteiger partial charge in [-0.1, -0.05) is 0 Å². The topological polar surface area (TPSA) is 12.9 Å². The van der Waals surface area contributed by atoms with Crippen LogP contribution in [0.2, 0.25) is 0 Å². The second-order valence-electron chi connectivity index (χ2n) is 2.89. The van der Waals surface area contributed by atoms with Crippen molar-refractivity contribution in [1.82, 2.24) is 4.98 Å². The summed E-state index contributed by atoms with van der Waals surface area (Å²) >= 11 is 2.19. The van der Waals surface area contributed by atoms with Gasteiger partial charge in [0.25, 0.3) is 0 Å². The lowest BCUT2D eigenvalue weighted by Gasteiger charge is -2.02. The van der Waals surface area contributed by atoms with Crippen molar-refractivity contribution in [3.63, 3.8) is 0 Å². The molecule has 13 heavy (non-hydrogen) atoms. The van der Waals surface area contributed by atoms with Gasteiger partial charge in [-0.25, -0.2) is 4.39 Å². The van der Waals surface area contributed by atoms with E-state index in [1.54, 1.807) is 18.3 Å². The van der Waals surface area contributed by atoms with Gasteiger partial charge in [0.1, 0.15) is 5.82 Å². The van der Waals surface area contributed by atoms with Crippen LogP contribution in [0.25, 0.3) is 10.8 Å². The van der Waals surface area contributed by atoms with Crippen molar-refractivity contribution >= 4 is 33.4 Å². The smallest absolute Gasteiger partial charge is 0.123 e. The van der Waals surface area contributed by atoms with Gasteiger partial charge in [0.2, 0.25) is 0 Å². The number of pyridine rings is 1. The number of rotatable bonds is 0. The van der Waals surface area contributed by atoms with Gasteiger partial charge >= 0.3 is 0 Å². The van der Waals surface area contributed by atoms with Crippen LogP contribution in [0.5, 0.6) is 0 Å². The Morgan fingerprint density at radius 1 is 1.38 bits per heavy atom. The van der Waals surface area contributed by atoms with Gasteiger partial charge < -0.3 is 0 Å². The molecule has 0 bridgehead atoms. The lowest BCUT2D eigenvalue weighted by Crippen LogP contribution is -1.88. The summed E-state index contributed by atoms with van der Waals surface area (Å²) < 4.78 is 13.9. The number of benzene rings is 1. The molecule has 3 heteroatoms. The first-order valence-electron chi connectivity index (χ1n) is 3.89. The molecule has 1 heterocycles. The van der Waals surface area contributed by atoms with Gasteiger partial charge in [0.05, 0.1) is 5.69 Å². The van der Waals surface area contributed by atoms with Crippen molar-refractivity contribution in [2.75, 3.05) is 0 Å². The minimum Gasteiger partial charge on any atom is -0.260 e. The largest absolute Gasteiger partial charge is 0.260 e. The summed E-state index contributed by atoms with van der Waals surface area (Å²) in [5, 5.41) is 1.92. The first-order chi connectivity index (χ1) is 6.18. The van der Waals surface area contributed by atoms with Crippen LogP contribution in [0.3, 0.4) is 0 Å². The number of halogens is 2. The quantitative estimate of drug-likeness (QED) is 0.678. The number of aromatic nitrogens is 1. The molecule has 1 aromatic carbocycles. The first-order valence-corrected chi connectivity index (χ1v) is 4.97. The van der Waals surface area contributed by atoms with Crippen LogP contribution < -0.4 is 0 Å². The van der Waals surface area contributed by atoms with Gasteiger partial charge in [-0.2, -0.15) is 0 Å². The Morgan fingerprint density at radius 2 is 2.15 bits per heavy atom. The number of fused-ring (bicyclic) bond motifs is 1. The first kappa shape index (κ1) is 8.87. The molecule has 0 aliphatic heterocycles. The molecular formula is C10H7FIN. The molecule has 0 aliphatic rings. The van der Waals surface area contributed by atoms with Crippen LogP contribution in [0.15, 0.2) is 24.4 Å². The lowest BCUT2D eigenvalue weighted by atomic mass is 10.1. The van der Waals surface area contributed by atoms with Gasteiger partial charge in [0, 0.05) is 20.5 Å². The van der Waals surface area contributed by atoms with E-state index in [4.69, 9.17) is 0 Å². The van der Waals surface area contributed by atoms with Crippen molar-refractivity contribution in [3.05, 3.63) is 39.5 Å².